The van der Waals surface area contributed by atoms with E-state index in [0.717, 1.165) is 39.3 Å². The Kier molecular flexibility index (Phi) is 9.02. The van der Waals surface area contributed by atoms with Gasteiger partial charge in [0, 0.05) is 49.9 Å². The third-order valence-electron chi connectivity index (χ3n) is 6.69. The molecule has 9 heteroatoms. The quantitative estimate of drug-likeness (QED) is 0.549. The molecule has 2 aromatic carbocycles. The van der Waals surface area contributed by atoms with Gasteiger partial charge in [-0.25, -0.2) is 4.39 Å². The zero-order chi connectivity index (χ0) is 25.3. The molecule has 0 atom stereocenters. The second-order valence-electron chi connectivity index (χ2n) is 9.18. The van der Waals surface area contributed by atoms with E-state index in [1.807, 2.05) is 0 Å². The van der Waals surface area contributed by atoms with Crippen molar-refractivity contribution in [1.82, 2.24) is 15.1 Å². The van der Waals surface area contributed by atoms with Crippen LogP contribution < -0.4 is 10.6 Å². The molecule has 2 aliphatic heterocycles. The number of likely N-dealkylation sites (tertiary alicyclic amines) is 1. The van der Waals surface area contributed by atoms with Gasteiger partial charge in [0.2, 0.25) is 5.91 Å². The number of carbonyl (C=O) groups is 3. The predicted octanol–water partition coefficient (Wildman–Crippen LogP) is 2.77. The zero-order valence-electron chi connectivity index (χ0n) is 20.4. The third-order valence-corrected chi connectivity index (χ3v) is 6.69. The van der Waals surface area contributed by atoms with Crippen molar-refractivity contribution in [2.75, 3.05) is 57.8 Å². The molecule has 8 nitrogen and oxygen atoms in total. The van der Waals surface area contributed by atoms with Crippen LogP contribution in [0.3, 0.4) is 0 Å². The van der Waals surface area contributed by atoms with Crippen LogP contribution in [-0.4, -0.2) is 80.0 Å². The highest BCUT2D eigenvalue weighted by Gasteiger charge is 2.28. The molecule has 2 aliphatic rings. The van der Waals surface area contributed by atoms with Crippen molar-refractivity contribution in [3.05, 3.63) is 65.5 Å². The molecule has 36 heavy (non-hydrogen) atoms. The highest BCUT2D eigenvalue weighted by molar-refractivity contribution is 6.05. The van der Waals surface area contributed by atoms with E-state index >= 15 is 0 Å². The molecular weight excluding hydrogens is 463 g/mol. The van der Waals surface area contributed by atoms with Crippen LogP contribution in [0.1, 0.15) is 40.0 Å². The number of piperidine rings is 1. The van der Waals surface area contributed by atoms with E-state index in [2.05, 4.69) is 15.5 Å². The summed E-state index contributed by atoms with van der Waals surface area (Å²) in [4.78, 5) is 42.1. The van der Waals surface area contributed by atoms with Gasteiger partial charge in [-0.2, -0.15) is 0 Å². The molecule has 0 aliphatic carbocycles. The second-order valence-corrected chi connectivity index (χ2v) is 9.18. The number of anilines is 1. The zero-order valence-corrected chi connectivity index (χ0v) is 20.4. The highest BCUT2D eigenvalue weighted by Crippen LogP contribution is 2.21. The topological polar surface area (TPSA) is 91.0 Å². The van der Waals surface area contributed by atoms with E-state index in [1.165, 1.54) is 18.2 Å². The molecule has 0 aromatic heterocycles. The van der Waals surface area contributed by atoms with E-state index in [1.54, 1.807) is 35.2 Å². The van der Waals surface area contributed by atoms with Crippen LogP contribution in [0.15, 0.2) is 48.5 Å². The largest absolute Gasteiger partial charge is 0.379 e. The molecule has 3 amide bonds. The summed E-state index contributed by atoms with van der Waals surface area (Å²) in [7, 11) is 0. The maximum atomic E-state index is 13.9. The maximum absolute atomic E-state index is 13.9. The molecule has 2 aromatic rings. The van der Waals surface area contributed by atoms with E-state index in [-0.39, 0.29) is 23.3 Å². The van der Waals surface area contributed by atoms with Gasteiger partial charge in [-0.3, -0.25) is 19.3 Å². The summed E-state index contributed by atoms with van der Waals surface area (Å²) in [5, 5.41) is 5.70. The van der Waals surface area contributed by atoms with Crippen LogP contribution in [0.2, 0.25) is 0 Å². The number of hydrogen-bond acceptors (Lipinski definition) is 5. The van der Waals surface area contributed by atoms with E-state index in [0.29, 0.717) is 43.7 Å². The normalized spacial score (nSPS) is 17.0. The fraction of sp³-hybridized carbons (Fsp3) is 0.444. The minimum atomic E-state index is -0.605. The van der Waals surface area contributed by atoms with Gasteiger partial charge in [0.1, 0.15) is 5.82 Å². The fourth-order valence-electron chi connectivity index (χ4n) is 4.58. The van der Waals surface area contributed by atoms with Crippen molar-refractivity contribution in [1.29, 1.82) is 0 Å². The number of amides is 3. The van der Waals surface area contributed by atoms with Gasteiger partial charge in [0.25, 0.3) is 11.8 Å². The number of hydrogen-bond donors (Lipinski definition) is 2. The summed E-state index contributed by atoms with van der Waals surface area (Å²) in [5.74, 6) is -1.37. The van der Waals surface area contributed by atoms with Crippen molar-refractivity contribution < 1.29 is 23.5 Å². The lowest BCUT2D eigenvalue weighted by molar-refractivity contribution is -0.126. The summed E-state index contributed by atoms with van der Waals surface area (Å²) in [5.41, 5.74) is 0.795. The fourth-order valence-corrected chi connectivity index (χ4v) is 4.58. The SMILES string of the molecule is O=C(Nc1cccc(C(=O)N2CCC(C(=O)NCCCN3CCOCC3)CC2)c1)c1ccccc1F. The Labute approximate surface area is 210 Å². The molecule has 0 unspecified atom stereocenters. The van der Waals surface area contributed by atoms with Crippen molar-refractivity contribution in [3.63, 3.8) is 0 Å². The first-order chi connectivity index (χ1) is 17.5. The van der Waals surface area contributed by atoms with Gasteiger partial charge in [0.15, 0.2) is 0 Å². The smallest absolute Gasteiger partial charge is 0.258 e. The van der Waals surface area contributed by atoms with Crippen LogP contribution in [0.25, 0.3) is 0 Å². The Balaban J connectivity index is 1.22. The molecule has 0 bridgehead atoms. The lowest BCUT2D eigenvalue weighted by Gasteiger charge is -2.31. The summed E-state index contributed by atoms with van der Waals surface area (Å²) in [6.45, 7) is 6.04. The summed E-state index contributed by atoms with van der Waals surface area (Å²) in [6, 6.07) is 12.4. The first-order valence-corrected chi connectivity index (χ1v) is 12.5. The number of nitrogens with one attached hydrogen (secondary N) is 2. The van der Waals surface area contributed by atoms with E-state index in [9.17, 15) is 18.8 Å². The van der Waals surface area contributed by atoms with Crippen LogP contribution >= 0.6 is 0 Å². The molecule has 0 spiro atoms. The average Bonchev–Trinajstić information content (AvgIpc) is 2.91. The second kappa shape index (κ2) is 12.6. The molecule has 0 saturated carbocycles. The van der Waals surface area contributed by atoms with Crippen LogP contribution in [0, 0.1) is 11.7 Å². The minimum absolute atomic E-state index is 0.0573. The van der Waals surface area contributed by atoms with E-state index in [4.69, 9.17) is 4.74 Å². The monoisotopic (exact) mass is 496 g/mol. The summed E-state index contributed by atoms with van der Waals surface area (Å²) >= 11 is 0. The highest BCUT2D eigenvalue weighted by atomic mass is 19.1. The summed E-state index contributed by atoms with van der Waals surface area (Å²) in [6.07, 6.45) is 2.14. The van der Waals surface area contributed by atoms with Gasteiger partial charge in [-0.1, -0.05) is 18.2 Å². The minimum Gasteiger partial charge on any atom is -0.379 e. The maximum Gasteiger partial charge on any atom is 0.258 e. The average molecular weight is 497 g/mol. The van der Waals surface area contributed by atoms with Gasteiger partial charge in [-0.15, -0.1) is 0 Å². The van der Waals surface area contributed by atoms with Gasteiger partial charge in [-0.05, 0) is 56.1 Å². The lowest BCUT2D eigenvalue weighted by atomic mass is 9.95. The number of benzene rings is 2. The van der Waals surface area contributed by atoms with Gasteiger partial charge < -0.3 is 20.3 Å². The number of halogens is 1. The van der Waals surface area contributed by atoms with Crippen molar-refractivity contribution >= 4 is 23.4 Å². The van der Waals surface area contributed by atoms with E-state index < -0.39 is 11.7 Å². The number of morpholine rings is 1. The molecule has 2 heterocycles. The van der Waals surface area contributed by atoms with Gasteiger partial charge in [0.05, 0.1) is 18.8 Å². The van der Waals surface area contributed by atoms with Crippen molar-refractivity contribution in [3.8, 4) is 0 Å². The molecule has 0 radical (unpaired) electrons. The third kappa shape index (κ3) is 6.89. The number of nitrogens with zero attached hydrogens (tertiary/aromatic N) is 2. The van der Waals surface area contributed by atoms with Crippen molar-refractivity contribution in [2.24, 2.45) is 5.92 Å². The Morgan fingerprint density at radius 2 is 1.72 bits per heavy atom. The lowest BCUT2D eigenvalue weighted by Crippen LogP contribution is -2.43. The summed E-state index contributed by atoms with van der Waals surface area (Å²) < 4.78 is 19.2. The Morgan fingerprint density at radius 1 is 0.972 bits per heavy atom. The molecule has 2 fully saturated rings. The first-order valence-electron chi connectivity index (χ1n) is 12.5. The van der Waals surface area contributed by atoms with Crippen LogP contribution in [0.4, 0.5) is 10.1 Å². The number of rotatable bonds is 8. The first kappa shape index (κ1) is 25.8. The standard InChI is InChI=1S/C27H33FN4O4/c28-24-8-2-1-7-23(24)26(34)30-22-6-3-5-21(19-22)27(35)32-13-9-20(10-14-32)25(33)29-11-4-12-31-15-17-36-18-16-31/h1-3,5-8,19-20H,4,9-18H2,(H,29,33)(H,30,34). The molecule has 192 valence electrons. The number of ether oxygens (including phenoxy) is 1. The van der Waals surface area contributed by atoms with Crippen molar-refractivity contribution in [2.45, 2.75) is 19.3 Å². The molecular formula is C27H33FN4O4. The predicted molar refractivity (Wildman–Crippen MR) is 134 cm³/mol. The van der Waals surface area contributed by atoms with Crippen LogP contribution in [-0.2, 0) is 9.53 Å². The molecule has 2 saturated heterocycles. The molecule has 4 rings (SSSR count). The van der Waals surface area contributed by atoms with Crippen LogP contribution in [0.5, 0.6) is 0 Å². The Hall–Kier alpha value is -3.30. The van der Waals surface area contributed by atoms with Gasteiger partial charge >= 0.3 is 0 Å². The number of carbonyl (C=O) groups excluding carboxylic acids is 3. The molecule has 2 N–H and O–H groups in total. The Morgan fingerprint density at radius 3 is 2.47 bits per heavy atom. The Bertz CT molecular complexity index is 1070.